The molecular weight excluding hydrogens is 332 g/mol. The lowest BCUT2D eigenvalue weighted by atomic mass is 9.93. The molecule has 0 bridgehead atoms. The van der Waals surface area contributed by atoms with E-state index < -0.39 is 0 Å². The predicted molar refractivity (Wildman–Crippen MR) is 100 cm³/mol. The third-order valence-corrected chi connectivity index (χ3v) is 5.56. The number of rotatable bonds is 2. The summed E-state index contributed by atoms with van der Waals surface area (Å²) in [4.78, 5) is 10.1. The highest BCUT2D eigenvalue weighted by Crippen LogP contribution is 2.54. The van der Waals surface area contributed by atoms with E-state index in [2.05, 4.69) is 21.8 Å². The molecular formula is C21H27F2N3. The van der Waals surface area contributed by atoms with Crippen molar-refractivity contribution in [1.29, 1.82) is 0 Å². The molecule has 1 aliphatic carbocycles. The van der Waals surface area contributed by atoms with Gasteiger partial charge in [0.15, 0.2) is 5.82 Å². The minimum absolute atomic E-state index is 0.172. The minimum Gasteiger partial charge on any atom is -0.369 e. The van der Waals surface area contributed by atoms with E-state index >= 15 is 0 Å². The Morgan fingerprint density at radius 1 is 0.962 bits per heavy atom. The quantitative estimate of drug-likeness (QED) is 0.755. The molecule has 1 saturated heterocycles. The van der Waals surface area contributed by atoms with Gasteiger partial charge < -0.3 is 4.90 Å². The summed E-state index contributed by atoms with van der Waals surface area (Å²) >= 11 is 0. The van der Waals surface area contributed by atoms with Gasteiger partial charge in [0.1, 0.15) is 5.82 Å². The van der Waals surface area contributed by atoms with Gasteiger partial charge in [0.25, 0.3) is 0 Å². The number of halogens is 2. The van der Waals surface area contributed by atoms with E-state index in [4.69, 9.17) is 0 Å². The first-order valence-electron chi connectivity index (χ1n) is 9.40. The lowest BCUT2D eigenvalue weighted by Crippen LogP contribution is -2.35. The van der Waals surface area contributed by atoms with Crippen molar-refractivity contribution < 1.29 is 8.78 Å². The van der Waals surface area contributed by atoms with E-state index in [0.29, 0.717) is 11.0 Å². The van der Waals surface area contributed by atoms with Crippen molar-refractivity contribution in [2.45, 2.75) is 52.9 Å². The van der Waals surface area contributed by atoms with Crippen molar-refractivity contribution in [3.63, 3.8) is 0 Å². The minimum atomic E-state index is -0.236. The molecule has 0 N–H and O–H groups in total. The van der Waals surface area contributed by atoms with Gasteiger partial charge >= 0.3 is 0 Å². The van der Waals surface area contributed by atoms with Gasteiger partial charge in [-0.05, 0) is 69.1 Å². The van der Waals surface area contributed by atoms with Gasteiger partial charge in [-0.3, -0.25) is 9.97 Å². The Morgan fingerprint density at radius 2 is 1.62 bits per heavy atom. The van der Waals surface area contributed by atoms with Crippen molar-refractivity contribution >= 4 is 5.69 Å². The molecule has 2 aromatic rings. The third kappa shape index (κ3) is 4.37. The van der Waals surface area contributed by atoms with E-state index in [0.717, 1.165) is 36.6 Å². The average molecular weight is 359 g/mol. The van der Waals surface area contributed by atoms with Gasteiger partial charge in [0, 0.05) is 24.5 Å². The highest BCUT2D eigenvalue weighted by molar-refractivity contribution is 5.48. The molecule has 5 heteroatoms. The van der Waals surface area contributed by atoms with Crippen LogP contribution in [0.2, 0.25) is 0 Å². The highest BCUT2D eigenvalue weighted by atomic mass is 19.1. The first kappa shape index (κ1) is 18.7. The molecule has 2 fully saturated rings. The molecule has 1 saturated carbocycles. The predicted octanol–water partition coefficient (Wildman–Crippen LogP) is 5.00. The number of anilines is 1. The normalized spacial score (nSPS) is 17.7. The van der Waals surface area contributed by atoms with E-state index in [-0.39, 0.29) is 11.6 Å². The Hall–Kier alpha value is -2.04. The number of hydrogen-bond acceptors (Lipinski definition) is 3. The summed E-state index contributed by atoms with van der Waals surface area (Å²) in [7, 11) is 0. The van der Waals surface area contributed by atoms with Gasteiger partial charge in [-0.25, -0.2) is 8.78 Å². The molecule has 0 radical (unpaired) electrons. The molecule has 3 nitrogen and oxygen atoms in total. The number of pyridine rings is 2. The molecule has 140 valence electrons. The highest BCUT2D eigenvalue weighted by Gasteiger charge is 2.44. The van der Waals surface area contributed by atoms with Crippen LogP contribution in [-0.4, -0.2) is 23.1 Å². The number of nitrogens with zero attached hydrogens (tertiary/aromatic N) is 3. The van der Waals surface area contributed by atoms with Gasteiger partial charge in [0.2, 0.25) is 0 Å². The summed E-state index contributed by atoms with van der Waals surface area (Å²) in [6.45, 7) is 7.63. The first-order chi connectivity index (χ1) is 12.4. The largest absolute Gasteiger partial charge is 0.369 e. The molecule has 0 aromatic carbocycles. The monoisotopic (exact) mass is 359 g/mol. The molecule has 1 aliphatic heterocycles. The van der Waals surface area contributed by atoms with E-state index in [9.17, 15) is 8.78 Å². The van der Waals surface area contributed by atoms with Crippen molar-refractivity contribution in [3.05, 3.63) is 53.1 Å². The van der Waals surface area contributed by atoms with Gasteiger partial charge in [-0.1, -0.05) is 6.92 Å². The zero-order valence-electron chi connectivity index (χ0n) is 15.9. The molecule has 3 heterocycles. The molecule has 2 aromatic heterocycles. The number of hydrogen-bond donors (Lipinski definition) is 0. The Morgan fingerprint density at radius 3 is 2.15 bits per heavy atom. The second kappa shape index (κ2) is 7.68. The summed E-state index contributed by atoms with van der Waals surface area (Å²) in [5.41, 5.74) is 3.89. The zero-order valence-corrected chi connectivity index (χ0v) is 15.9. The van der Waals surface area contributed by atoms with Crippen LogP contribution < -0.4 is 4.90 Å². The molecule has 0 unspecified atom stereocenters. The summed E-state index contributed by atoms with van der Waals surface area (Å²) in [6.07, 6.45) is 8.72. The van der Waals surface area contributed by atoms with Gasteiger partial charge in [-0.15, -0.1) is 0 Å². The SMILES string of the molecule is CCc1cc(N2CCC3(CC2)CC3)c(F)cn1.Cc1cc(C)c(F)cn1. The number of piperidine rings is 1. The Labute approximate surface area is 154 Å². The molecule has 0 atom stereocenters. The maximum absolute atomic E-state index is 13.8. The molecule has 1 spiro atoms. The maximum Gasteiger partial charge on any atom is 0.164 e. The zero-order chi connectivity index (χ0) is 18.7. The van der Waals surface area contributed by atoms with Crippen LogP contribution in [0.4, 0.5) is 14.5 Å². The summed E-state index contributed by atoms with van der Waals surface area (Å²) in [6, 6.07) is 3.63. The van der Waals surface area contributed by atoms with Crippen LogP contribution in [0.25, 0.3) is 0 Å². The standard InChI is InChI=1S/C14H19FN2.C7H8FN/c1-2-11-9-13(12(15)10-16-11)17-7-5-14(3-4-14)6-8-17;1-5-3-6(2)9-4-7(5)8/h9-10H,2-8H2,1H3;3-4H,1-2H3. The molecule has 2 aliphatic rings. The fourth-order valence-corrected chi connectivity index (χ4v) is 3.48. The summed E-state index contributed by atoms with van der Waals surface area (Å²) in [5.74, 6) is -0.408. The van der Waals surface area contributed by atoms with Crippen molar-refractivity contribution in [3.8, 4) is 0 Å². The Kier molecular flexibility index (Phi) is 5.54. The lowest BCUT2D eigenvalue weighted by molar-refractivity contribution is 0.382. The van der Waals surface area contributed by atoms with Crippen molar-refractivity contribution in [2.75, 3.05) is 18.0 Å². The van der Waals surface area contributed by atoms with E-state index in [1.54, 1.807) is 13.0 Å². The maximum atomic E-state index is 13.8. The van der Waals surface area contributed by atoms with Crippen LogP contribution in [0.1, 0.15) is 49.6 Å². The van der Waals surface area contributed by atoms with Crippen LogP contribution in [0.15, 0.2) is 24.5 Å². The lowest BCUT2D eigenvalue weighted by Gasteiger charge is -2.34. The van der Waals surface area contributed by atoms with E-state index in [1.165, 1.54) is 38.1 Å². The van der Waals surface area contributed by atoms with Crippen molar-refractivity contribution in [2.24, 2.45) is 5.41 Å². The Bertz CT molecular complexity index is 762. The van der Waals surface area contributed by atoms with Crippen molar-refractivity contribution in [1.82, 2.24) is 9.97 Å². The summed E-state index contributed by atoms with van der Waals surface area (Å²) in [5, 5.41) is 0. The molecule has 4 rings (SSSR count). The second-order valence-electron chi connectivity index (χ2n) is 7.54. The van der Waals surface area contributed by atoms with Crippen LogP contribution >= 0.6 is 0 Å². The topological polar surface area (TPSA) is 29.0 Å². The molecule has 26 heavy (non-hydrogen) atoms. The fraction of sp³-hybridized carbons (Fsp3) is 0.524. The fourth-order valence-electron chi connectivity index (χ4n) is 3.48. The van der Waals surface area contributed by atoms with E-state index in [1.807, 2.05) is 13.0 Å². The van der Waals surface area contributed by atoms with Crippen LogP contribution in [0.3, 0.4) is 0 Å². The third-order valence-electron chi connectivity index (χ3n) is 5.56. The smallest absolute Gasteiger partial charge is 0.164 e. The average Bonchev–Trinajstić information content (AvgIpc) is 3.39. The number of aryl methyl sites for hydroxylation is 3. The first-order valence-corrected chi connectivity index (χ1v) is 9.40. The summed E-state index contributed by atoms with van der Waals surface area (Å²) < 4.78 is 26.2. The van der Waals surface area contributed by atoms with Crippen LogP contribution in [0, 0.1) is 30.9 Å². The molecule has 0 amide bonds. The van der Waals surface area contributed by atoms with Gasteiger partial charge in [0.05, 0.1) is 18.1 Å². The second-order valence-corrected chi connectivity index (χ2v) is 7.54. The van der Waals surface area contributed by atoms with Crippen LogP contribution in [-0.2, 0) is 6.42 Å². The van der Waals surface area contributed by atoms with Gasteiger partial charge in [-0.2, -0.15) is 0 Å². The Balaban J connectivity index is 0.000000185. The number of aromatic nitrogens is 2. The van der Waals surface area contributed by atoms with Crippen LogP contribution in [0.5, 0.6) is 0 Å².